The summed E-state index contributed by atoms with van der Waals surface area (Å²) in [5, 5.41) is 3.89. The van der Waals surface area contributed by atoms with Crippen LogP contribution in [0.2, 0.25) is 0 Å². The predicted molar refractivity (Wildman–Crippen MR) is 136 cm³/mol. The number of hydrogen-bond acceptors (Lipinski definition) is 5. The second kappa shape index (κ2) is 11.3. The third kappa shape index (κ3) is 6.55. The van der Waals surface area contributed by atoms with Crippen LogP contribution in [0.15, 0.2) is 11.2 Å². The first-order chi connectivity index (χ1) is 16.1. The van der Waals surface area contributed by atoms with E-state index in [1.54, 1.807) is 0 Å². The Morgan fingerprint density at radius 2 is 1.79 bits per heavy atom. The molecule has 1 aromatic rings. The second-order valence-corrected chi connectivity index (χ2v) is 11.7. The number of amides is 1. The molecule has 1 amide bonds. The number of carbonyl (C=O) groups is 2. The van der Waals surface area contributed by atoms with E-state index in [1.807, 2.05) is 31.7 Å². The molecule has 0 N–H and O–H groups in total. The van der Waals surface area contributed by atoms with E-state index in [0.29, 0.717) is 16.5 Å². The molecular weight excluding hydrogens is 448 g/mol. The van der Waals surface area contributed by atoms with Gasteiger partial charge >= 0.3 is 5.97 Å². The van der Waals surface area contributed by atoms with Crippen molar-refractivity contribution in [2.24, 2.45) is 22.4 Å². The average Bonchev–Trinajstić information content (AvgIpc) is 3.22. The number of carbonyl (C=O) groups excluding carboxylic acids is 2. The van der Waals surface area contributed by atoms with Gasteiger partial charge in [0.2, 0.25) is 5.91 Å². The number of rotatable bonds is 5. The molecule has 7 nitrogen and oxygen atoms in total. The summed E-state index contributed by atoms with van der Waals surface area (Å²) in [6.45, 7) is 8.36. The van der Waals surface area contributed by atoms with Gasteiger partial charge < -0.3 is 9.64 Å². The molecule has 0 unspecified atom stereocenters. The minimum absolute atomic E-state index is 0.0375. The summed E-state index contributed by atoms with van der Waals surface area (Å²) in [4.78, 5) is 32.7. The van der Waals surface area contributed by atoms with Crippen molar-refractivity contribution in [3.05, 3.63) is 26.3 Å². The van der Waals surface area contributed by atoms with Crippen LogP contribution in [0.25, 0.3) is 10.4 Å². The van der Waals surface area contributed by atoms with Crippen LogP contribution in [-0.2, 0) is 9.53 Å². The Hall–Kier alpha value is -2.49. The number of methoxy groups -OCH3 is 1. The molecule has 0 spiro atoms. The highest BCUT2D eigenvalue weighted by molar-refractivity contribution is 7.15. The van der Waals surface area contributed by atoms with Gasteiger partial charge in [0.15, 0.2) is 0 Å². The van der Waals surface area contributed by atoms with Crippen LogP contribution in [0.4, 0.5) is 5.69 Å². The summed E-state index contributed by atoms with van der Waals surface area (Å²) in [7, 11) is 1.37. The molecule has 2 aliphatic carbocycles. The molecule has 3 rings (SSSR count). The van der Waals surface area contributed by atoms with Crippen molar-refractivity contribution in [2.45, 2.75) is 91.1 Å². The van der Waals surface area contributed by atoms with Crippen LogP contribution < -0.4 is 4.90 Å². The lowest BCUT2D eigenvalue weighted by molar-refractivity contribution is -0.124. The normalized spacial score (nSPS) is 24.9. The van der Waals surface area contributed by atoms with E-state index < -0.39 is 5.97 Å². The van der Waals surface area contributed by atoms with Crippen molar-refractivity contribution in [3.63, 3.8) is 0 Å². The Kier molecular flexibility index (Phi) is 8.67. The Morgan fingerprint density at radius 1 is 1.15 bits per heavy atom. The van der Waals surface area contributed by atoms with E-state index in [2.05, 4.69) is 28.8 Å². The standard InChI is InChI=1S/C26H36N4O3S/c1-17-6-8-18(9-7-17)24(31)30(20-12-10-19(11-13-20)28-29-27)22-16-21(14-15-26(2,3)4)34-23(22)25(32)33-5/h16-20H,6-13H2,1-5H3. The van der Waals surface area contributed by atoms with Gasteiger partial charge in [-0.15, -0.1) is 11.3 Å². The molecule has 1 heterocycles. The topological polar surface area (TPSA) is 95.4 Å². The second-order valence-electron chi connectivity index (χ2n) is 10.6. The molecule has 0 atom stereocenters. The van der Waals surface area contributed by atoms with Crippen molar-refractivity contribution >= 4 is 28.9 Å². The molecule has 2 saturated carbocycles. The SMILES string of the molecule is COC(=O)c1sc(C#CC(C)(C)C)cc1N(C(=O)C1CCC(C)CC1)C1CCC(N=[N+]=[N-])CC1. The number of azide groups is 1. The Labute approximate surface area is 206 Å². The van der Waals surface area contributed by atoms with E-state index in [9.17, 15) is 9.59 Å². The fraction of sp³-hybridized carbons (Fsp3) is 0.692. The zero-order valence-electron chi connectivity index (χ0n) is 21.0. The van der Waals surface area contributed by atoms with Gasteiger partial charge in [-0.1, -0.05) is 23.9 Å². The van der Waals surface area contributed by atoms with E-state index in [0.717, 1.165) is 56.2 Å². The quantitative estimate of drug-likeness (QED) is 0.153. The highest BCUT2D eigenvalue weighted by atomic mass is 32.1. The van der Waals surface area contributed by atoms with Crippen LogP contribution in [0.1, 0.15) is 93.6 Å². The summed E-state index contributed by atoms with van der Waals surface area (Å²) in [6.07, 6.45) is 6.77. The van der Waals surface area contributed by atoms with E-state index in [-0.39, 0.29) is 29.3 Å². The molecule has 34 heavy (non-hydrogen) atoms. The number of anilines is 1. The summed E-state index contributed by atoms with van der Waals surface area (Å²) < 4.78 is 5.09. The maximum Gasteiger partial charge on any atom is 0.350 e. The Bertz CT molecular complexity index is 993. The third-order valence-electron chi connectivity index (χ3n) is 6.75. The zero-order valence-corrected chi connectivity index (χ0v) is 21.8. The monoisotopic (exact) mass is 484 g/mol. The molecular formula is C26H36N4O3S. The van der Waals surface area contributed by atoms with Crippen molar-refractivity contribution in [3.8, 4) is 11.8 Å². The summed E-state index contributed by atoms with van der Waals surface area (Å²) in [5.41, 5.74) is 9.26. The molecule has 0 aromatic carbocycles. The number of nitrogens with zero attached hydrogens (tertiary/aromatic N) is 4. The van der Waals surface area contributed by atoms with Crippen LogP contribution in [-0.4, -0.2) is 31.1 Å². The molecule has 0 aliphatic heterocycles. The summed E-state index contributed by atoms with van der Waals surface area (Å²) >= 11 is 1.29. The predicted octanol–water partition coefficient (Wildman–Crippen LogP) is 6.71. The van der Waals surface area contributed by atoms with Crippen molar-refractivity contribution in [1.29, 1.82) is 0 Å². The Balaban J connectivity index is 2.01. The molecule has 184 valence electrons. The lowest BCUT2D eigenvalue weighted by atomic mass is 9.81. The van der Waals surface area contributed by atoms with Crippen LogP contribution >= 0.6 is 11.3 Å². The average molecular weight is 485 g/mol. The molecule has 2 fully saturated rings. The van der Waals surface area contributed by atoms with Gasteiger partial charge in [0, 0.05) is 28.3 Å². The van der Waals surface area contributed by atoms with E-state index in [4.69, 9.17) is 10.3 Å². The van der Waals surface area contributed by atoms with Gasteiger partial charge in [-0.05, 0) is 89.7 Å². The van der Waals surface area contributed by atoms with Gasteiger partial charge in [-0.3, -0.25) is 4.79 Å². The van der Waals surface area contributed by atoms with Gasteiger partial charge in [-0.25, -0.2) is 4.79 Å². The molecule has 0 bridgehead atoms. The molecule has 0 radical (unpaired) electrons. The van der Waals surface area contributed by atoms with E-state index in [1.165, 1.54) is 18.4 Å². The fourth-order valence-electron chi connectivity index (χ4n) is 4.81. The number of ether oxygens (including phenoxy) is 1. The van der Waals surface area contributed by atoms with Gasteiger partial charge in [0.1, 0.15) is 4.88 Å². The first kappa shape index (κ1) is 26.1. The maximum atomic E-state index is 14.0. The van der Waals surface area contributed by atoms with Crippen molar-refractivity contribution < 1.29 is 14.3 Å². The molecule has 1 aromatic heterocycles. The number of hydrogen-bond donors (Lipinski definition) is 0. The Morgan fingerprint density at radius 3 is 2.35 bits per heavy atom. The van der Waals surface area contributed by atoms with Gasteiger partial charge in [0.05, 0.1) is 17.7 Å². The number of thiophene rings is 1. The smallest absolute Gasteiger partial charge is 0.350 e. The zero-order chi connectivity index (χ0) is 24.9. The lowest BCUT2D eigenvalue weighted by Crippen LogP contribution is -2.47. The summed E-state index contributed by atoms with van der Waals surface area (Å²) in [5.74, 6) is 6.68. The third-order valence-corrected chi connectivity index (χ3v) is 7.77. The van der Waals surface area contributed by atoms with Crippen LogP contribution in [0.5, 0.6) is 0 Å². The lowest BCUT2D eigenvalue weighted by Gasteiger charge is -2.39. The van der Waals surface area contributed by atoms with E-state index >= 15 is 0 Å². The molecule has 8 heteroatoms. The van der Waals surface area contributed by atoms with Gasteiger partial charge in [-0.2, -0.15) is 0 Å². The van der Waals surface area contributed by atoms with Crippen molar-refractivity contribution in [2.75, 3.05) is 12.0 Å². The van der Waals surface area contributed by atoms with Gasteiger partial charge in [0.25, 0.3) is 0 Å². The minimum atomic E-state index is -0.443. The number of esters is 1. The maximum absolute atomic E-state index is 14.0. The first-order valence-electron chi connectivity index (χ1n) is 12.3. The van der Waals surface area contributed by atoms with Crippen molar-refractivity contribution in [1.82, 2.24) is 0 Å². The molecule has 0 saturated heterocycles. The minimum Gasteiger partial charge on any atom is -0.465 e. The first-order valence-corrected chi connectivity index (χ1v) is 13.1. The summed E-state index contributed by atoms with van der Waals surface area (Å²) in [6, 6.07) is 1.81. The fourth-order valence-corrected chi connectivity index (χ4v) is 5.74. The molecule has 2 aliphatic rings. The highest BCUT2D eigenvalue weighted by Gasteiger charge is 2.37. The largest absolute Gasteiger partial charge is 0.465 e. The highest BCUT2D eigenvalue weighted by Crippen LogP contribution is 2.39. The van der Waals surface area contributed by atoms with Crippen LogP contribution in [0, 0.1) is 29.1 Å². The van der Waals surface area contributed by atoms with Crippen LogP contribution in [0.3, 0.4) is 0 Å².